The molecule has 1 aromatic rings. The lowest BCUT2D eigenvalue weighted by Gasteiger charge is -2.38. The molecular weight excluding hydrogens is 294 g/mol. The van der Waals surface area contributed by atoms with Crippen LogP contribution in [0.5, 0.6) is 0 Å². The van der Waals surface area contributed by atoms with E-state index < -0.39 is 0 Å². The highest BCUT2D eigenvalue weighted by atomic mass is 16.7. The molecule has 6 heteroatoms. The van der Waals surface area contributed by atoms with Crippen LogP contribution in [0.15, 0.2) is 18.5 Å². The van der Waals surface area contributed by atoms with Gasteiger partial charge < -0.3 is 19.7 Å². The van der Waals surface area contributed by atoms with Crippen molar-refractivity contribution in [3.8, 4) is 0 Å². The van der Waals surface area contributed by atoms with Crippen LogP contribution in [0.25, 0.3) is 0 Å². The summed E-state index contributed by atoms with van der Waals surface area (Å²) in [5.74, 6) is -0.0142. The van der Waals surface area contributed by atoms with Crippen LogP contribution in [-0.2, 0) is 9.47 Å². The molecule has 0 atom stereocenters. The van der Waals surface area contributed by atoms with Gasteiger partial charge in [-0.05, 0) is 12.0 Å². The Morgan fingerprint density at radius 2 is 2.00 bits per heavy atom. The Balaban J connectivity index is 1.62. The molecule has 0 unspecified atom stereocenters. The summed E-state index contributed by atoms with van der Waals surface area (Å²) in [5, 5.41) is 2.93. The number of amides is 1. The van der Waals surface area contributed by atoms with E-state index in [-0.39, 0.29) is 11.7 Å². The quantitative estimate of drug-likeness (QED) is 0.917. The first kappa shape index (κ1) is 16.2. The van der Waals surface area contributed by atoms with Crippen LogP contribution in [0.3, 0.4) is 0 Å². The zero-order valence-electron chi connectivity index (χ0n) is 13.9. The van der Waals surface area contributed by atoms with Crippen molar-refractivity contribution in [2.45, 2.75) is 32.5 Å². The first-order valence-corrected chi connectivity index (χ1v) is 8.34. The molecule has 0 aliphatic carbocycles. The maximum atomic E-state index is 12.2. The third kappa shape index (κ3) is 3.82. The molecule has 0 radical (unpaired) electrons. The molecule has 1 aromatic heterocycles. The van der Waals surface area contributed by atoms with Gasteiger partial charge in [-0.25, -0.2) is 0 Å². The number of carbonyl (C=O) groups excluding carboxylic acids is 1. The predicted molar refractivity (Wildman–Crippen MR) is 87.5 cm³/mol. The third-order valence-corrected chi connectivity index (χ3v) is 4.36. The number of hydrogen-bond acceptors (Lipinski definition) is 5. The summed E-state index contributed by atoms with van der Waals surface area (Å²) in [6, 6.07) is 1.91. The van der Waals surface area contributed by atoms with Crippen LogP contribution in [0, 0.1) is 5.92 Å². The van der Waals surface area contributed by atoms with Gasteiger partial charge in [-0.3, -0.25) is 9.78 Å². The first-order valence-electron chi connectivity index (χ1n) is 8.34. The highest BCUT2D eigenvalue weighted by Gasteiger charge is 2.39. The minimum atomic E-state index is -0.379. The number of anilines is 1. The predicted octanol–water partition coefficient (Wildman–Crippen LogP) is 1.81. The number of nitrogens with zero attached hydrogens (tertiary/aromatic N) is 2. The normalized spacial score (nSPS) is 20.2. The number of ether oxygens (including phenoxy) is 2. The van der Waals surface area contributed by atoms with Gasteiger partial charge in [0, 0.05) is 38.7 Å². The van der Waals surface area contributed by atoms with Crippen LogP contribution < -0.4 is 10.2 Å². The number of aromatic nitrogens is 1. The van der Waals surface area contributed by atoms with Crippen LogP contribution in [0.4, 0.5) is 5.69 Å². The average Bonchev–Trinajstić information content (AvgIpc) is 3.01. The maximum absolute atomic E-state index is 12.2. The van der Waals surface area contributed by atoms with Gasteiger partial charge in [0.15, 0.2) is 5.79 Å². The van der Waals surface area contributed by atoms with Gasteiger partial charge in [0.1, 0.15) is 0 Å². The molecule has 6 nitrogen and oxygen atoms in total. The smallest absolute Gasteiger partial charge is 0.252 e. The van der Waals surface area contributed by atoms with Gasteiger partial charge in [-0.2, -0.15) is 0 Å². The maximum Gasteiger partial charge on any atom is 0.252 e. The van der Waals surface area contributed by atoms with E-state index in [4.69, 9.17) is 9.47 Å². The van der Waals surface area contributed by atoms with E-state index in [0.717, 1.165) is 31.6 Å². The molecule has 3 rings (SSSR count). The van der Waals surface area contributed by atoms with Crippen molar-refractivity contribution >= 4 is 11.6 Å². The fourth-order valence-electron chi connectivity index (χ4n) is 3.02. The van der Waals surface area contributed by atoms with Crippen LogP contribution in [0.2, 0.25) is 0 Å². The van der Waals surface area contributed by atoms with Gasteiger partial charge >= 0.3 is 0 Å². The summed E-state index contributed by atoms with van der Waals surface area (Å²) in [4.78, 5) is 18.6. The van der Waals surface area contributed by atoms with Crippen molar-refractivity contribution in [2.24, 2.45) is 5.92 Å². The number of pyridine rings is 1. The van der Waals surface area contributed by atoms with Crippen molar-refractivity contribution in [3.63, 3.8) is 0 Å². The summed E-state index contributed by atoms with van der Waals surface area (Å²) in [5.41, 5.74) is 1.59. The van der Waals surface area contributed by atoms with Crippen LogP contribution in [0.1, 0.15) is 37.0 Å². The number of rotatable bonds is 4. The van der Waals surface area contributed by atoms with Crippen molar-refractivity contribution in [1.82, 2.24) is 10.3 Å². The minimum Gasteiger partial charge on any atom is -0.370 e. The van der Waals surface area contributed by atoms with Gasteiger partial charge in [0.05, 0.1) is 30.7 Å². The summed E-state index contributed by atoms with van der Waals surface area (Å²) < 4.78 is 11.5. The van der Waals surface area contributed by atoms with Gasteiger partial charge in [0.2, 0.25) is 0 Å². The zero-order valence-corrected chi connectivity index (χ0v) is 13.9. The Morgan fingerprint density at radius 3 is 2.65 bits per heavy atom. The fourth-order valence-corrected chi connectivity index (χ4v) is 3.02. The molecule has 3 heterocycles. The first-order chi connectivity index (χ1) is 11.1. The summed E-state index contributed by atoms with van der Waals surface area (Å²) in [6.07, 6.45) is 5.12. The Morgan fingerprint density at radius 1 is 1.30 bits per heavy atom. The molecule has 126 valence electrons. The second-order valence-corrected chi connectivity index (χ2v) is 6.63. The molecule has 2 fully saturated rings. The Hall–Kier alpha value is -1.66. The summed E-state index contributed by atoms with van der Waals surface area (Å²) >= 11 is 0. The number of nitrogens with one attached hydrogen (secondary N) is 1. The molecular formula is C17H25N3O3. The number of hydrogen-bond donors (Lipinski definition) is 1. The topological polar surface area (TPSA) is 63.7 Å². The lowest BCUT2D eigenvalue weighted by molar-refractivity contribution is -0.169. The standard InChI is InChI=1S/C17H25N3O3/c1-13(2)10-19-16(21)14-9-15(12-18-11-14)20-5-3-17(4-6-20)22-7-8-23-17/h9,11-13H,3-8,10H2,1-2H3,(H,19,21). The fraction of sp³-hybridized carbons (Fsp3) is 0.647. The number of piperidine rings is 1. The zero-order chi connectivity index (χ0) is 16.3. The minimum absolute atomic E-state index is 0.0658. The second kappa shape index (κ2) is 6.84. The Bertz CT molecular complexity index is 546. The van der Waals surface area contributed by atoms with Crippen molar-refractivity contribution in [1.29, 1.82) is 0 Å². The van der Waals surface area contributed by atoms with Gasteiger partial charge in [-0.15, -0.1) is 0 Å². The third-order valence-electron chi connectivity index (χ3n) is 4.36. The monoisotopic (exact) mass is 319 g/mol. The van der Waals surface area contributed by atoms with E-state index in [2.05, 4.69) is 29.0 Å². The van der Waals surface area contributed by atoms with Gasteiger partial charge in [-0.1, -0.05) is 13.8 Å². The van der Waals surface area contributed by atoms with E-state index in [9.17, 15) is 4.79 Å². The molecule has 0 aromatic carbocycles. The van der Waals surface area contributed by atoms with E-state index in [1.807, 2.05) is 12.3 Å². The van der Waals surface area contributed by atoms with E-state index in [1.54, 1.807) is 6.20 Å². The van der Waals surface area contributed by atoms with Crippen molar-refractivity contribution in [2.75, 3.05) is 37.7 Å². The SMILES string of the molecule is CC(C)CNC(=O)c1cncc(N2CCC3(CC2)OCCO3)c1. The van der Waals surface area contributed by atoms with E-state index >= 15 is 0 Å². The molecule has 2 aliphatic rings. The largest absolute Gasteiger partial charge is 0.370 e. The Kier molecular flexibility index (Phi) is 4.82. The molecule has 23 heavy (non-hydrogen) atoms. The second-order valence-electron chi connectivity index (χ2n) is 6.63. The van der Waals surface area contributed by atoms with Crippen LogP contribution in [-0.4, -0.2) is 49.5 Å². The van der Waals surface area contributed by atoms with Gasteiger partial charge in [0.25, 0.3) is 5.91 Å². The highest BCUT2D eigenvalue weighted by Crippen LogP contribution is 2.33. The lowest BCUT2D eigenvalue weighted by atomic mass is 10.0. The lowest BCUT2D eigenvalue weighted by Crippen LogP contribution is -2.45. The average molecular weight is 319 g/mol. The number of carbonyl (C=O) groups is 1. The molecule has 1 spiro atoms. The molecule has 0 saturated carbocycles. The molecule has 1 N–H and O–H groups in total. The van der Waals surface area contributed by atoms with E-state index in [1.165, 1.54) is 0 Å². The van der Waals surface area contributed by atoms with Crippen molar-refractivity contribution < 1.29 is 14.3 Å². The summed E-state index contributed by atoms with van der Waals surface area (Å²) in [6.45, 7) is 7.89. The Labute approximate surface area is 137 Å². The molecule has 2 saturated heterocycles. The highest BCUT2D eigenvalue weighted by molar-refractivity contribution is 5.94. The summed E-state index contributed by atoms with van der Waals surface area (Å²) in [7, 11) is 0. The molecule has 1 amide bonds. The molecule has 0 bridgehead atoms. The van der Waals surface area contributed by atoms with E-state index in [0.29, 0.717) is 31.2 Å². The van der Waals surface area contributed by atoms with Crippen molar-refractivity contribution in [3.05, 3.63) is 24.0 Å². The molecule has 2 aliphatic heterocycles. The van der Waals surface area contributed by atoms with Crippen LogP contribution >= 0.6 is 0 Å².